The summed E-state index contributed by atoms with van der Waals surface area (Å²) in [6.07, 6.45) is 0.915. The average molecular weight is 278 g/mol. The van der Waals surface area contributed by atoms with Gasteiger partial charge in [-0.2, -0.15) is 0 Å². The van der Waals surface area contributed by atoms with E-state index in [4.69, 9.17) is 9.47 Å². The Morgan fingerprint density at radius 2 is 2.20 bits per heavy atom. The van der Waals surface area contributed by atoms with Gasteiger partial charge in [0.2, 0.25) is 0 Å². The summed E-state index contributed by atoms with van der Waals surface area (Å²) in [5.41, 5.74) is 1.18. The topological polar surface area (TPSA) is 71.0 Å². The van der Waals surface area contributed by atoms with E-state index >= 15 is 0 Å². The molecule has 3 rings (SSSR count). The number of rotatable bonds is 2. The van der Waals surface area contributed by atoms with Crippen LogP contribution in [0.4, 0.5) is 5.69 Å². The molecule has 1 aromatic rings. The summed E-state index contributed by atoms with van der Waals surface area (Å²) in [6.45, 7) is 1.26. The van der Waals surface area contributed by atoms with Gasteiger partial charge in [0.15, 0.2) is 11.5 Å². The van der Waals surface area contributed by atoms with E-state index in [0.717, 1.165) is 6.42 Å². The highest BCUT2D eigenvalue weighted by Gasteiger charge is 2.38. The van der Waals surface area contributed by atoms with Crippen LogP contribution in [0.15, 0.2) is 12.1 Å². The summed E-state index contributed by atoms with van der Waals surface area (Å²) < 4.78 is 10.4. The molecule has 0 aromatic heterocycles. The van der Waals surface area contributed by atoms with Gasteiger partial charge in [0.1, 0.15) is 0 Å². The van der Waals surface area contributed by atoms with Gasteiger partial charge in [0, 0.05) is 26.3 Å². The van der Waals surface area contributed by atoms with Crippen LogP contribution in [-0.4, -0.2) is 55.4 Å². The molecule has 0 unspecified atom stereocenters. The van der Waals surface area contributed by atoms with Crippen LogP contribution >= 0.6 is 0 Å². The molecule has 6 heteroatoms. The number of hydrogen-bond donors (Lipinski definition) is 2. The molecule has 2 aliphatic rings. The third-order valence-electron chi connectivity index (χ3n) is 4.05. The van der Waals surface area contributed by atoms with Crippen LogP contribution in [0.1, 0.15) is 16.8 Å². The molecule has 0 radical (unpaired) electrons. The zero-order chi connectivity index (χ0) is 14.3. The zero-order valence-corrected chi connectivity index (χ0v) is 11.5. The van der Waals surface area contributed by atoms with Crippen molar-refractivity contribution in [3.63, 3.8) is 0 Å². The number of phenols is 1. The number of nitrogens with zero attached hydrogens (tertiary/aromatic N) is 1. The van der Waals surface area contributed by atoms with Crippen molar-refractivity contribution in [2.24, 2.45) is 0 Å². The first-order valence-corrected chi connectivity index (χ1v) is 6.62. The van der Waals surface area contributed by atoms with E-state index in [1.807, 2.05) is 4.90 Å². The number of anilines is 1. The summed E-state index contributed by atoms with van der Waals surface area (Å²) in [7, 11) is 3.14. The number of hydrogen-bond acceptors (Lipinski definition) is 5. The van der Waals surface area contributed by atoms with Crippen LogP contribution in [0.2, 0.25) is 0 Å². The quantitative estimate of drug-likeness (QED) is 0.846. The molecule has 0 saturated carbocycles. The largest absolute Gasteiger partial charge is 0.504 e. The minimum absolute atomic E-state index is 0.0309. The van der Waals surface area contributed by atoms with Crippen LogP contribution in [0.3, 0.4) is 0 Å². The Bertz CT molecular complexity index is 546. The van der Waals surface area contributed by atoms with E-state index in [1.165, 1.54) is 7.11 Å². The van der Waals surface area contributed by atoms with Gasteiger partial charge in [-0.15, -0.1) is 0 Å². The molecule has 1 saturated heterocycles. The maximum atomic E-state index is 12.7. The molecule has 1 aromatic carbocycles. The molecule has 2 aliphatic heterocycles. The first-order chi connectivity index (χ1) is 9.63. The van der Waals surface area contributed by atoms with Crippen molar-refractivity contribution < 1.29 is 19.4 Å². The molecule has 2 heterocycles. The highest BCUT2D eigenvalue weighted by Crippen LogP contribution is 2.36. The van der Waals surface area contributed by atoms with Crippen LogP contribution in [-0.2, 0) is 4.74 Å². The van der Waals surface area contributed by atoms with E-state index in [1.54, 1.807) is 19.2 Å². The van der Waals surface area contributed by atoms with Crippen molar-refractivity contribution in [1.29, 1.82) is 0 Å². The second kappa shape index (κ2) is 4.86. The Kier molecular flexibility index (Phi) is 3.17. The first kappa shape index (κ1) is 13.1. The van der Waals surface area contributed by atoms with Gasteiger partial charge in [-0.1, -0.05) is 0 Å². The molecule has 2 atom stereocenters. The summed E-state index contributed by atoms with van der Waals surface area (Å²) in [4.78, 5) is 14.5. The summed E-state index contributed by atoms with van der Waals surface area (Å²) in [5.74, 6) is 0.288. The lowest BCUT2D eigenvalue weighted by molar-refractivity contribution is 0.0698. The number of methoxy groups -OCH3 is 2. The number of benzene rings is 1. The standard InChI is InChI=1S/C14H18N2O4/c1-19-9-3-8-6-15-11-5-12(17)13(20-2)4-10(11)14(18)16(8)7-9/h4-5,8-9,15,17H,3,6-7H2,1-2H3/t8-,9-/m0/s1. The molecular formula is C14H18N2O4. The predicted octanol–water partition coefficient (Wildman–Crippen LogP) is 1.06. The van der Waals surface area contributed by atoms with Crippen LogP contribution in [0.5, 0.6) is 11.5 Å². The summed E-state index contributed by atoms with van der Waals surface area (Å²) in [6, 6.07) is 3.25. The normalized spacial score (nSPS) is 24.7. The van der Waals surface area contributed by atoms with Crippen molar-refractivity contribution in [2.75, 3.05) is 32.6 Å². The van der Waals surface area contributed by atoms with Gasteiger partial charge in [0.05, 0.1) is 30.5 Å². The molecule has 6 nitrogen and oxygen atoms in total. The third kappa shape index (κ3) is 1.96. The monoisotopic (exact) mass is 278 g/mol. The van der Waals surface area contributed by atoms with Gasteiger partial charge in [-0.05, 0) is 12.5 Å². The second-order valence-corrected chi connectivity index (χ2v) is 5.16. The van der Waals surface area contributed by atoms with Gasteiger partial charge in [-0.25, -0.2) is 0 Å². The molecule has 1 fully saturated rings. The van der Waals surface area contributed by atoms with Gasteiger partial charge < -0.3 is 24.8 Å². The lowest BCUT2D eigenvalue weighted by atomic mass is 10.1. The highest BCUT2D eigenvalue weighted by molar-refractivity contribution is 6.01. The number of phenolic OH excluding ortho intramolecular Hbond substituents is 1. The minimum atomic E-state index is -0.0483. The lowest BCUT2D eigenvalue weighted by Gasteiger charge is -2.21. The number of amides is 1. The van der Waals surface area contributed by atoms with Gasteiger partial charge in [-0.3, -0.25) is 4.79 Å². The molecule has 0 spiro atoms. The smallest absolute Gasteiger partial charge is 0.256 e. The Morgan fingerprint density at radius 1 is 1.40 bits per heavy atom. The van der Waals surface area contributed by atoms with Crippen molar-refractivity contribution in [2.45, 2.75) is 18.6 Å². The van der Waals surface area contributed by atoms with Crippen LogP contribution < -0.4 is 10.1 Å². The van der Waals surface area contributed by atoms with E-state index in [9.17, 15) is 9.90 Å². The van der Waals surface area contributed by atoms with Crippen LogP contribution in [0.25, 0.3) is 0 Å². The van der Waals surface area contributed by atoms with Crippen molar-refractivity contribution in [3.05, 3.63) is 17.7 Å². The van der Waals surface area contributed by atoms with E-state index < -0.39 is 0 Å². The highest BCUT2D eigenvalue weighted by atomic mass is 16.5. The summed E-state index contributed by atoms with van der Waals surface area (Å²) >= 11 is 0. The average Bonchev–Trinajstić information content (AvgIpc) is 2.83. The predicted molar refractivity (Wildman–Crippen MR) is 73.4 cm³/mol. The Hall–Kier alpha value is -1.95. The van der Waals surface area contributed by atoms with Gasteiger partial charge in [0.25, 0.3) is 5.91 Å². The van der Waals surface area contributed by atoms with E-state index in [-0.39, 0.29) is 23.8 Å². The molecular weight excluding hydrogens is 260 g/mol. The van der Waals surface area contributed by atoms with Gasteiger partial charge >= 0.3 is 0 Å². The molecule has 1 amide bonds. The minimum Gasteiger partial charge on any atom is -0.504 e. The number of carbonyl (C=O) groups excluding carboxylic acids is 1. The maximum Gasteiger partial charge on any atom is 0.256 e. The Balaban J connectivity index is 1.98. The van der Waals surface area contributed by atoms with E-state index in [0.29, 0.717) is 30.1 Å². The number of nitrogens with one attached hydrogen (secondary N) is 1. The lowest BCUT2D eigenvalue weighted by Crippen LogP contribution is -2.37. The first-order valence-electron chi connectivity index (χ1n) is 6.62. The molecule has 108 valence electrons. The summed E-state index contributed by atoms with van der Waals surface area (Å²) in [5, 5.41) is 13.0. The molecule has 2 N–H and O–H groups in total. The number of aromatic hydroxyl groups is 1. The van der Waals surface area contributed by atoms with E-state index in [2.05, 4.69) is 5.32 Å². The zero-order valence-electron chi connectivity index (χ0n) is 11.5. The maximum absolute atomic E-state index is 12.7. The Morgan fingerprint density at radius 3 is 2.90 bits per heavy atom. The SMILES string of the molecule is COc1cc2c(cc1O)NC[C@@H]1C[C@H](OC)CN1C2=O. The second-order valence-electron chi connectivity index (χ2n) is 5.16. The fourth-order valence-electron chi connectivity index (χ4n) is 2.92. The van der Waals surface area contributed by atoms with Crippen molar-refractivity contribution >= 4 is 11.6 Å². The Labute approximate surface area is 117 Å². The molecule has 0 aliphatic carbocycles. The molecule has 0 bridgehead atoms. The molecule has 20 heavy (non-hydrogen) atoms. The fourth-order valence-corrected chi connectivity index (χ4v) is 2.92. The number of fused-ring (bicyclic) bond motifs is 2. The fraction of sp³-hybridized carbons (Fsp3) is 0.500. The number of ether oxygens (including phenoxy) is 2. The van der Waals surface area contributed by atoms with Crippen molar-refractivity contribution in [1.82, 2.24) is 4.90 Å². The van der Waals surface area contributed by atoms with Crippen molar-refractivity contribution in [3.8, 4) is 11.5 Å². The van der Waals surface area contributed by atoms with Crippen LogP contribution in [0, 0.1) is 0 Å². The third-order valence-corrected chi connectivity index (χ3v) is 4.05. The number of carbonyl (C=O) groups is 1.